The predicted octanol–water partition coefficient (Wildman–Crippen LogP) is 4.70. The van der Waals surface area contributed by atoms with Crippen molar-refractivity contribution in [2.75, 3.05) is 6.61 Å². The standard InChI is InChI=1S/C27H34N2O5/c1-4-5-10-18(15-24(30)31)28-26(32)25(17(2)3)29-27(33)34-16-23-21-13-8-6-11-19(21)20-12-7-9-14-22(20)23/h6-9,11-14,17-18,23,25H,4-5,10,15-16H2,1-3H3,(H,28,32)(H,29,33)(H,30,31)/t18-,25-/m0/s1. The Morgan fingerprint density at radius 2 is 1.56 bits per heavy atom. The number of alkyl carbamates (subject to hydrolysis) is 1. The second-order valence-electron chi connectivity index (χ2n) is 9.14. The minimum absolute atomic E-state index is 0.0709. The summed E-state index contributed by atoms with van der Waals surface area (Å²) < 4.78 is 5.58. The van der Waals surface area contributed by atoms with E-state index in [1.54, 1.807) is 0 Å². The number of amides is 2. The summed E-state index contributed by atoms with van der Waals surface area (Å²) in [4.78, 5) is 36.7. The maximum absolute atomic E-state index is 12.9. The van der Waals surface area contributed by atoms with Gasteiger partial charge in [0.1, 0.15) is 12.6 Å². The van der Waals surface area contributed by atoms with Gasteiger partial charge in [0.05, 0.1) is 6.42 Å². The molecule has 2 amide bonds. The summed E-state index contributed by atoms with van der Waals surface area (Å²) in [6.45, 7) is 5.82. The number of hydrogen-bond donors (Lipinski definition) is 3. The van der Waals surface area contributed by atoms with Crippen LogP contribution in [-0.4, -0.2) is 41.8 Å². The first-order chi connectivity index (χ1) is 16.3. The molecule has 0 spiro atoms. The average molecular weight is 467 g/mol. The Morgan fingerprint density at radius 1 is 0.971 bits per heavy atom. The van der Waals surface area contributed by atoms with Crippen LogP contribution >= 0.6 is 0 Å². The number of aliphatic carboxylic acids is 1. The van der Waals surface area contributed by atoms with E-state index in [1.165, 1.54) is 0 Å². The lowest BCUT2D eigenvalue weighted by Crippen LogP contribution is -2.52. The molecule has 0 aliphatic heterocycles. The third kappa shape index (κ3) is 6.16. The topological polar surface area (TPSA) is 105 Å². The number of carboxylic acids is 1. The van der Waals surface area contributed by atoms with Gasteiger partial charge in [0, 0.05) is 12.0 Å². The van der Waals surface area contributed by atoms with E-state index in [9.17, 15) is 14.4 Å². The van der Waals surface area contributed by atoms with E-state index >= 15 is 0 Å². The van der Waals surface area contributed by atoms with Crippen molar-refractivity contribution >= 4 is 18.0 Å². The summed E-state index contributed by atoms with van der Waals surface area (Å²) in [7, 11) is 0. The molecule has 0 radical (unpaired) electrons. The fraction of sp³-hybridized carbons (Fsp3) is 0.444. The van der Waals surface area contributed by atoms with E-state index in [-0.39, 0.29) is 24.9 Å². The van der Waals surface area contributed by atoms with Gasteiger partial charge >= 0.3 is 12.1 Å². The fourth-order valence-electron chi connectivity index (χ4n) is 4.48. The number of rotatable bonds is 11. The predicted molar refractivity (Wildman–Crippen MR) is 131 cm³/mol. The maximum atomic E-state index is 12.9. The first-order valence-corrected chi connectivity index (χ1v) is 12.0. The molecule has 34 heavy (non-hydrogen) atoms. The van der Waals surface area contributed by atoms with E-state index in [4.69, 9.17) is 9.84 Å². The largest absolute Gasteiger partial charge is 0.481 e. The van der Waals surface area contributed by atoms with Crippen LogP contribution in [0.15, 0.2) is 48.5 Å². The minimum atomic E-state index is -0.966. The van der Waals surface area contributed by atoms with Gasteiger partial charge in [-0.25, -0.2) is 4.79 Å². The van der Waals surface area contributed by atoms with Crippen LogP contribution in [0.1, 0.15) is 63.5 Å². The van der Waals surface area contributed by atoms with Crippen LogP contribution in [0.2, 0.25) is 0 Å². The van der Waals surface area contributed by atoms with Crippen LogP contribution < -0.4 is 10.6 Å². The third-order valence-electron chi connectivity index (χ3n) is 6.24. The van der Waals surface area contributed by atoms with E-state index in [0.29, 0.717) is 6.42 Å². The smallest absolute Gasteiger partial charge is 0.407 e. The summed E-state index contributed by atoms with van der Waals surface area (Å²) in [6, 6.07) is 14.9. The number of carbonyl (C=O) groups is 3. The van der Waals surface area contributed by atoms with Crippen LogP contribution in [0, 0.1) is 5.92 Å². The van der Waals surface area contributed by atoms with Gasteiger partial charge in [-0.1, -0.05) is 82.1 Å². The normalized spacial score (nSPS) is 14.1. The Hall–Kier alpha value is -3.35. The van der Waals surface area contributed by atoms with Crippen LogP contribution in [0.4, 0.5) is 4.79 Å². The second kappa shape index (κ2) is 11.7. The Morgan fingerprint density at radius 3 is 2.09 bits per heavy atom. The number of carbonyl (C=O) groups excluding carboxylic acids is 2. The lowest BCUT2D eigenvalue weighted by Gasteiger charge is -2.25. The lowest BCUT2D eigenvalue weighted by atomic mass is 9.98. The molecule has 0 heterocycles. The van der Waals surface area contributed by atoms with E-state index in [2.05, 4.69) is 22.8 Å². The zero-order valence-electron chi connectivity index (χ0n) is 20.0. The van der Waals surface area contributed by atoms with Gasteiger partial charge in [-0.05, 0) is 34.6 Å². The number of fused-ring (bicyclic) bond motifs is 3. The van der Waals surface area contributed by atoms with Gasteiger partial charge in [-0.2, -0.15) is 0 Å². The molecule has 7 nitrogen and oxygen atoms in total. The average Bonchev–Trinajstić information content (AvgIpc) is 3.12. The van der Waals surface area contributed by atoms with Gasteiger partial charge in [-0.3, -0.25) is 9.59 Å². The highest BCUT2D eigenvalue weighted by Crippen LogP contribution is 2.44. The van der Waals surface area contributed by atoms with E-state index in [0.717, 1.165) is 35.1 Å². The molecule has 1 aliphatic carbocycles. The first-order valence-electron chi connectivity index (χ1n) is 12.0. The molecule has 3 rings (SSSR count). The van der Waals surface area contributed by atoms with Gasteiger partial charge < -0.3 is 20.5 Å². The third-order valence-corrected chi connectivity index (χ3v) is 6.24. The summed E-state index contributed by atoms with van der Waals surface area (Å²) in [5.41, 5.74) is 4.51. The Labute approximate surface area is 200 Å². The van der Waals surface area contributed by atoms with Crippen LogP contribution in [0.3, 0.4) is 0 Å². The Bertz CT molecular complexity index is 974. The Balaban J connectivity index is 1.63. The zero-order chi connectivity index (χ0) is 24.7. The number of benzene rings is 2. The molecule has 0 unspecified atom stereocenters. The molecule has 3 N–H and O–H groups in total. The second-order valence-corrected chi connectivity index (χ2v) is 9.14. The molecule has 2 aromatic rings. The summed E-state index contributed by atoms with van der Waals surface area (Å²) >= 11 is 0. The van der Waals surface area contributed by atoms with Crippen LogP contribution in [0.5, 0.6) is 0 Å². The summed E-state index contributed by atoms with van der Waals surface area (Å²) in [5, 5.41) is 14.6. The number of ether oxygens (including phenoxy) is 1. The first kappa shape index (κ1) is 25.3. The van der Waals surface area contributed by atoms with Crippen molar-refractivity contribution in [2.45, 2.75) is 64.5 Å². The molecule has 1 aliphatic rings. The monoisotopic (exact) mass is 466 g/mol. The van der Waals surface area contributed by atoms with Crippen molar-refractivity contribution in [3.63, 3.8) is 0 Å². The van der Waals surface area contributed by atoms with Crippen molar-refractivity contribution in [1.29, 1.82) is 0 Å². The highest BCUT2D eigenvalue weighted by molar-refractivity contribution is 5.86. The maximum Gasteiger partial charge on any atom is 0.407 e. The molecular formula is C27H34N2O5. The van der Waals surface area contributed by atoms with Crippen molar-refractivity contribution < 1.29 is 24.2 Å². The minimum Gasteiger partial charge on any atom is -0.481 e. The van der Waals surface area contributed by atoms with Crippen molar-refractivity contribution in [3.05, 3.63) is 59.7 Å². The van der Waals surface area contributed by atoms with Crippen LogP contribution in [-0.2, 0) is 14.3 Å². The summed E-state index contributed by atoms with van der Waals surface area (Å²) in [5.74, 6) is -1.63. The molecular weight excluding hydrogens is 432 g/mol. The molecule has 0 bridgehead atoms. The van der Waals surface area contributed by atoms with Gasteiger partial charge in [0.2, 0.25) is 5.91 Å². The number of nitrogens with one attached hydrogen (secondary N) is 2. The summed E-state index contributed by atoms with van der Waals surface area (Å²) in [6.07, 6.45) is 1.47. The number of carboxylic acid groups (broad SMARTS) is 1. The number of unbranched alkanes of at least 4 members (excludes halogenated alkanes) is 1. The van der Waals surface area contributed by atoms with Crippen molar-refractivity contribution in [3.8, 4) is 11.1 Å². The van der Waals surface area contributed by atoms with Gasteiger partial charge in [0.15, 0.2) is 0 Å². The molecule has 2 aromatic carbocycles. The van der Waals surface area contributed by atoms with Gasteiger partial charge in [0.25, 0.3) is 0 Å². The SMILES string of the molecule is CCCC[C@@H](CC(=O)O)NC(=O)[C@@H](NC(=O)OCC1c2ccccc2-c2ccccc21)C(C)C. The molecule has 0 saturated carbocycles. The highest BCUT2D eigenvalue weighted by Gasteiger charge is 2.31. The highest BCUT2D eigenvalue weighted by atomic mass is 16.5. The van der Waals surface area contributed by atoms with Crippen LogP contribution in [0.25, 0.3) is 11.1 Å². The quantitative estimate of drug-likeness (QED) is 0.445. The van der Waals surface area contributed by atoms with E-state index in [1.807, 2.05) is 57.2 Å². The molecule has 0 saturated heterocycles. The molecule has 182 valence electrons. The molecule has 7 heteroatoms. The van der Waals surface area contributed by atoms with Gasteiger partial charge in [-0.15, -0.1) is 0 Å². The zero-order valence-corrected chi connectivity index (χ0v) is 20.0. The molecule has 0 aromatic heterocycles. The lowest BCUT2D eigenvalue weighted by molar-refractivity contribution is -0.137. The fourth-order valence-corrected chi connectivity index (χ4v) is 4.48. The Kier molecular flexibility index (Phi) is 8.68. The molecule has 0 fully saturated rings. The van der Waals surface area contributed by atoms with E-state index < -0.39 is 30.1 Å². The molecule has 2 atom stereocenters. The van der Waals surface area contributed by atoms with Crippen molar-refractivity contribution in [1.82, 2.24) is 10.6 Å². The van der Waals surface area contributed by atoms with Crippen molar-refractivity contribution in [2.24, 2.45) is 5.92 Å². The number of hydrogen-bond acceptors (Lipinski definition) is 4.